The fourth-order valence-corrected chi connectivity index (χ4v) is 2.31. The number of hydrogen-bond donors (Lipinski definition) is 2. The summed E-state index contributed by atoms with van der Waals surface area (Å²) in [6.45, 7) is 8.78. The Morgan fingerprint density at radius 3 is 2.67 bits per heavy atom. The second-order valence-corrected chi connectivity index (χ2v) is 8.20. The molecule has 2 N–H and O–H groups in total. The van der Waals surface area contributed by atoms with Crippen LogP contribution < -0.4 is 10.1 Å². The fourth-order valence-electron chi connectivity index (χ4n) is 1.69. The molecule has 2 unspecified atom stereocenters. The fraction of sp³-hybridized carbons (Fsp3) is 0.500. The molecule has 0 aliphatic rings. The molecule has 134 valence electrons. The molecule has 1 amide bonds. The van der Waals surface area contributed by atoms with Crippen molar-refractivity contribution in [3.8, 4) is 5.75 Å². The lowest BCUT2D eigenvalue weighted by molar-refractivity contribution is 0.178. The van der Waals surface area contributed by atoms with Crippen LogP contribution in [-0.2, 0) is 11.4 Å². The Bertz CT molecular complexity index is 617. The van der Waals surface area contributed by atoms with Crippen molar-refractivity contribution >= 4 is 23.2 Å². The summed E-state index contributed by atoms with van der Waals surface area (Å²) in [6.07, 6.45) is -1.62. The molecule has 1 aromatic rings. The second-order valence-electron chi connectivity index (χ2n) is 6.29. The van der Waals surface area contributed by atoms with Crippen LogP contribution in [0.25, 0.3) is 0 Å². The zero-order valence-corrected chi connectivity index (χ0v) is 15.2. The lowest BCUT2D eigenvalue weighted by Crippen LogP contribution is -2.32. The third-order valence-corrected chi connectivity index (χ3v) is 4.43. The van der Waals surface area contributed by atoms with E-state index in [1.807, 2.05) is 0 Å². The summed E-state index contributed by atoms with van der Waals surface area (Å²) in [6, 6.07) is 3.94. The van der Waals surface area contributed by atoms with Crippen LogP contribution >= 0.6 is 0 Å². The molecule has 1 rings (SSSR count). The van der Waals surface area contributed by atoms with Crippen molar-refractivity contribution < 1.29 is 23.6 Å². The van der Waals surface area contributed by atoms with Crippen LogP contribution in [0.5, 0.6) is 5.75 Å². The third-order valence-electron chi connectivity index (χ3n) is 2.94. The number of amides is 1. The van der Waals surface area contributed by atoms with Gasteiger partial charge >= 0.3 is 6.09 Å². The first-order chi connectivity index (χ1) is 11.0. The van der Waals surface area contributed by atoms with Crippen molar-refractivity contribution in [1.29, 1.82) is 0 Å². The van der Waals surface area contributed by atoms with E-state index in [0.29, 0.717) is 17.0 Å². The van der Waals surface area contributed by atoms with E-state index in [0.717, 1.165) is 0 Å². The Morgan fingerprint density at radius 1 is 1.50 bits per heavy atom. The first kappa shape index (κ1) is 20.2. The standard InChI is InChI=1S/C16H23FN2O4S/c1-10(9-18-15(20)21)23-14-7-6-12(17)8-13(14)11(2)19-24(22)16(3,4)5/h6-8,10,18H,9H2,1-5H3,(H,20,21). The minimum atomic E-state index is -1.49. The average molecular weight is 358 g/mol. The highest BCUT2D eigenvalue weighted by Crippen LogP contribution is 2.24. The van der Waals surface area contributed by atoms with Gasteiger partial charge in [0, 0.05) is 5.56 Å². The van der Waals surface area contributed by atoms with Gasteiger partial charge in [-0.25, -0.2) is 9.18 Å². The van der Waals surface area contributed by atoms with Gasteiger partial charge < -0.3 is 19.7 Å². The molecule has 0 aromatic heterocycles. The maximum atomic E-state index is 13.6. The molecule has 8 heteroatoms. The van der Waals surface area contributed by atoms with Gasteiger partial charge in [-0.3, -0.25) is 0 Å². The summed E-state index contributed by atoms with van der Waals surface area (Å²) in [5.74, 6) is -0.118. The van der Waals surface area contributed by atoms with Gasteiger partial charge in [0.1, 0.15) is 33.8 Å². The highest BCUT2D eigenvalue weighted by atomic mass is 32.2. The van der Waals surface area contributed by atoms with Crippen molar-refractivity contribution in [2.45, 2.75) is 45.5 Å². The van der Waals surface area contributed by atoms with E-state index >= 15 is 0 Å². The molecule has 0 heterocycles. The van der Waals surface area contributed by atoms with E-state index in [2.05, 4.69) is 9.71 Å². The lowest BCUT2D eigenvalue weighted by Gasteiger charge is -2.20. The molecule has 0 aliphatic heterocycles. The van der Waals surface area contributed by atoms with Gasteiger partial charge in [-0.15, -0.1) is 0 Å². The molecule has 0 fully saturated rings. The van der Waals surface area contributed by atoms with Gasteiger partial charge in [0.05, 0.1) is 12.3 Å². The van der Waals surface area contributed by atoms with E-state index in [9.17, 15) is 13.7 Å². The first-order valence-electron chi connectivity index (χ1n) is 7.41. The predicted molar refractivity (Wildman–Crippen MR) is 92.6 cm³/mol. The number of hydrogen-bond acceptors (Lipinski definition) is 4. The largest absolute Gasteiger partial charge is 0.591 e. The molecule has 2 atom stereocenters. The number of carbonyl (C=O) groups is 1. The number of nitrogens with zero attached hydrogens (tertiary/aromatic N) is 1. The Kier molecular flexibility index (Phi) is 7.04. The Hall–Kier alpha value is -1.80. The first-order valence-corrected chi connectivity index (χ1v) is 8.52. The van der Waals surface area contributed by atoms with Gasteiger partial charge in [0.2, 0.25) is 0 Å². The number of rotatable bonds is 6. The number of nitrogens with one attached hydrogen (secondary N) is 1. The van der Waals surface area contributed by atoms with E-state index in [1.54, 1.807) is 34.6 Å². The Balaban J connectivity index is 3.04. The minimum Gasteiger partial charge on any atom is -0.591 e. The maximum absolute atomic E-state index is 13.6. The van der Waals surface area contributed by atoms with E-state index < -0.39 is 34.1 Å². The number of ether oxygens (including phenoxy) is 1. The highest BCUT2D eigenvalue weighted by Gasteiger charge is 2.27. The van der Waals surface area contributed by atoms with Gasteiger partial charge in [0.15, 0.2) is 0 Å². The maximum Gasteiger partial charge on any atom is 0.404 e. The van der Waals surface area contributed by atoms with Crippen LogP contribution in [0.4, 0.5) is 9.18 Å². The van der Waals surface area contributed by atoms with Crippen molar-refractivity contribution in [3.63, 3.8) is 0 Å². The van der Waals surface area contributed by atoms with Gasteiger partial charge in [-0.1, -0.05) is 4.40 Å². The molecule has 1 aromatic carbocycles. The minimum absolute atomic E-state index is 0.0796. The molecular weight excluding hydrogens is 335 g/mol. The Morgan fingerprint density at radius 2 is 2.12 bits per heavy atom. The van der Waals surface area contributed by atoms with Crippen LogP contribution in [0.1, 0.15) is 40.2 Å². The quantitative estimate of drug-likeness (QED) is 0.603. The zero-order valence-electron chi connectivity index (χ0n) is 14.4. The van der Waals surface area contributed by atoms with Crippen LogP contribution in [0.15, 0.2) is 22.6 Å². The molecule has 24 heavy (non-hydrogen) atoms. The van der Waals surface area contributed by atoms with Gasteiger partial charge in [0.25, 0.3) is 0 Å². The molecule has 0 radical (unpaired) electrons. The second kappa shape index (κ2) is 8.34. The molecule has 0 saturated heterocycles. The summed E-state index contributed by atoms with van der Waals surface area (Å²) < 4.78 is 35.0. The van der Waals surface area contributed by atoms with Crippen molar-refractivity contribution in [1.82, 2.24) is 5.32 Å². The summed E-state index contributed by atoms with van der Waals surface area (Å²) in [5.41, 5.74) is 0.769. The number of halogens is 1. The van der Waals surface area contributed by atoms with Crippen molar-refractivity contribution in [2.75, 3.05) is 6.54 Å². The normalized spacial score (nSPS) is 14.9. The van der Waals surface area contributed by atoms with Gasteiger partial charge in [-0.2, -0.15) is 0 Å². The SMILES string of the molecule is CC(=N[S+]([O-])C(C)(C)C)c1cc(F)ccc1OC(C)CNC(=O)O. The van der Waals surface area contributed by atoms with Crippen LogP contribution in [0.3, 0.4) is 0 Å². The monoisotopic (exact) mass is 358 g/mol. The van der Waals surface area contributed by atoms with Crippen molar-refractivity contribution in [3.05, 3.63) is 29.6 Å². The van der Waals surface area contributed by atoms with Gasteiger partial charge in [-0.05, 0) is 52.8 Å². The topological polar surface area (TPSA) is 94.0 Å². The van der Waals surface area contributed by atoms with Crippen LogP contribution in [0.2, 0.25) is 0 Å². The van der Waals surface area contributed by atoms with E-state index in [4.69, 9.17) is 9.84 Å². The third kappa shape index (κ3) is 6.37. The average Bonchev–Trinajstić information content (AvgIpc) is 2.45. The molecular formula is C16H23FN2O4S. The lowest BCUT2D eigenvalue weighted by atomic mass is 10.1. The van der Waals surface area contributed by atoms with E-state index in [-0.39, 0.29) is 6.54 Å². The summed E-state index contributed by atoms with van der Waals surface area (Å²) in [4.78, 5) is 10.5. The van der Waals surface area contributed by atoms with Crippen molar-refractivity contribution in [2.24, 2.45) is 4.40 Å². The summed E-state index contributed by atoms with van der Waals surface area (Å²) >= 11 is -1.49. The number of carboxylic acid groups (broad SMARTS) is 1. The summed E-state index contributed by atoms with van der Waals surface area (Å²) in [7, 11) is 0. The molecule has 0 aliphatic carbocycles. The van der Waals surface area contributed by atoms with Crippen LogP contribution in [-0.4, -0.2) is 38.9 Å². The molecule has 0 spiro atoms. The molecule has 6 nitrogen and oxygen atoms in total. The van der Waals surface area contributed by atoms with Crippen LogP contribution in [0, 0.1) is 5.82 Å². The Labute approximate surface area is 144 Å². The van der Waals surface area contributed by atoms with E-state index in [1.165, 1.54) is 18.2 Å². The molecule has 0 bridgehead atoms. The predicted octanol–water partition coefficient (Wildman–Crippen LogP) is 3.13. The highest BCUT2D eigenvalue weighted by molar-refractivity contribution is 7.91. The molecule has 0 saturated carbocycles. The summed E-state index contributed by atoms with van der Waals surface area (Å²) in [5, 5.41) is 10.8. The zero-order chi connectivity index (χ0) is 18.5. The number of benzene rings is 1. The smallest absolute Gasteiger partial charge is 0.404 e.